The van der Waals surface area contributed by atoms with Crippen molar-refractivity contribution in [3.05, 3.63) is 0 Å². The van der Waals surface area contributed by atoms with E-state index in [1.807, 2.05) is 0 Å². The van der Waals surface area contributed by atoms with Crippen LogP contribution in [0.25, 0.3) is 0 Å². The third kappa shape index (κ3) is 6.08. The molecule has 0 atom stereocenters. The maximum absolute atomic E-state index is 11.6. The summed E-state index contributed by atoms with van der Waals surface area (Å²) in [6, 6.07) is 0.358. The van der Waals surface area contributed by atoms with E-state index >= 15 is 0 Å². The molecule has 0 unspecified atom stereocenters. The van der Waals surface area contributed by atoms with Gasteiger partial charge in [0.25, 0.3) is 0 Å². The summed E-state index contributed by atoms with van der Waals surface area (Å²) in [5.74, 6) is 0. The Balaban J connectivity index is 3.55. The lowest BCUT2D eigenvalue weighted by molar-refractivity contribution is -0.134. The van der Waals surface area contributed by atoms with Crippen LogP contribution < -0.4 is 0 Å². The largest absolute Gasteiger partial charge is 0.389 e. The highest BCUT2D eigenvalue weighted by atomic mass is 28.3. The van der Waals surface area contributed by atoms with Crippen LogP contribution in [-0.4, -0.2) is 28.7 Å². The predicted molar refractivity (Wildman–Crippen MR) is 44.9 cm³/mol. The average molecular weight is 195 g/mol. The molecule has 0 heterocycles. The van der Waals surface area contributed by atoms with Gasteiger partial charge in [0.05, 0.1) is 0 Å². The van der Waals surface area contributed by atoms with Crippen LogP contribution in [0.5, 0.6) is 0 Å². The second kappa shape index (κ2) is 5.07. The maximum atomic E-state index is 11.6. The molecule has 0 rings (SSSR count). The monoisotopic (exact) mass is 195 g/mol. The Morgan fingerprint density at radius 2 is 1.67 bits per heavy atom. The summed E-state index contributed by atoms with van der Waals surface area (Å²) < 4.78 is 42.1. The van der Waals surface area contributed by atoms with Crippen molar-refractivity contribution in [3.63, 3.8) is 0 Å². The molecule has 0 N–H and O–H groups in total. The lowest BCUT2D eigenvalue weighted by atomic mass is 10.3. The fourth-order valence-electron chi connectivity index (χ4n) is 0.655. The van der Waals surface area contributed by atoms with Gasteiger partial charge in [-0.2, -0.15) is 13.2 Å². The van der Waals surface area contributed by atoms with Crippen molar-refractivity contribution in [2.45, 2.75) is 25.1 Å². The highest BCUT2D eigenvalue weighted by Crippen LogP contribution is 2.22. The first-order chi connectivity index (χ1) is 5.49. The van der Waals surface area contributed by atoms with E-state index in [-0.39, 0.29) is 6.42 Å². The van der Waals surface area contributed by atoms with Crippen molar-refractivity contribution in [2.24, 2.45) is 9.32 Å². The van der Waals surface area contributed by atoms with Gasteiger partial charge in [-0.3, -0.25) is 0 Å². The average Bonchev–Trinajstić information content (AvgIpc) is 1.96. The summed E-state index contributed by atoms with van der Waals surface area (Å²) >= 11 is 0. The molecular formula is C6H10F3N2Si. The van der Waals surface area contributed by atoms with Crippen molar-refractivity contribution in [1.29, 1.82) is 0 Å². The Morgan fingerprint density at radius 1 is 1.17 bits per heavy atom. The quantitative estimate of drug-likeness (QED) is 0.474. The van der Waals surface area contributed by atoms with Crippen LogP contribution in [0.4, 0.5) is 13.2 Å². The topological polar surface area (TPSA) is 24.7 Å². The van der Waals surface area contributed by atoms with Crippen LogP contribution in [0, 0.1) is 0 Å². The summed E-state index contributed by atoms with van der Waals surface area (Å²) in [6.45, 7) is 6.45. The van der Waals surface area contributed by atoms with E-state index in [1.165, 1.54) is 0 Å². The van der Waals surface area contributed by atoms with E-state index in [0.717, 1.165) is 0 Å². The van der Waals surface area contributed by atoms with Crippen LogP contribution in [0.1, 0.15) is 12.8 Å². The van der Waals surface area contributed by atoms with Gasteiger partial charge in [-0.25, -0.2) is 0 Å². The summed E-state index contributed by atoms with van der Waals surface area (Å²) in [5.41, 5.74) is 0. The Morgan fingerprint density at radius 3 is 2.00 bits per heavy atom. The molecule has 69 valence electrons. The minimum absolute atomic E-state index is 0.0653. The molecule has 0 aromatic carbocycles. The lowest BCUT2D eigenvalue weighted by Gasteiger charge is -2.05. The van der Waals surface area contributed by atoms with Crippen LogP contribution in [-0.2, 0) is 0 Å². The standard InChI is InChI=1S/C6H10F3N2Si/c1-10-12(11-2)5-3-4-6(7,8)9/h1-5H2. The maximum Gasteiger partial charge on any atom is 0.389 e. The number of hydrogen-bond acceptors (Lipinski definition) is 2. The SMILES string of the molecule is C=N[Si](CCCC(F)(F)F)N=C. The van der Waals surface area contributed by atoms with Crippen molar-refractivity contribution in [2.75, 3.05) is 0 Å². The van der Waals surface area contributed by atoms with Crippen molar-refractivity contribution < 1.29 is 13.2 Å². The zero-order valence-corrected chi connectivity index (χ0v) is 7.56. The van der Waals surface area contributed by atoms with Crippen molar-refractivity contribution in [3.8, 4) is 0 Å². The third-order valence-corrected chi connectivity index (χ3v) is 2.76. The van der Waals surface area contributed by atoms with Gasteiger partial charge >= 0.3 is 15.3 Å². The van der Waals surface area contributed by atoms with Gasteiger partial charge in [0.15, 0.2) is 0 Å². The van der Waals surface area contributed by atoms with Crippen LogP contribution in [0.2, 0.25) is 6.04 Å². The van der Waals surface area contributed by atoms with Gasteiger partial charge in [0.2, 0.25) is 0 Å². The first-order valence-corrected chi connectivity index (χ1v) is 4.96. The number of hydrogen-bond donors (Lipinski definition) is 0. The third-order valence-electron chi connectivity index (χ3n) is 1.23. The number of halogens is 3. The normalized spacial score (nSPS) is 11.7. The molecule has 0 saturated heterocycles. The second-order valence-electron chi connectivity index (χ2n) is 2.20. The zero-order valence-electron chi connectivity index (χ0n) is 6.56. The number of rotatable bonds is 5. The molecule has 0 fully saturated rings. The van der Waals surface area contributed by atoms with E-state index in [0.29, 0.717) is 6.04 Å². The summed E-state index contributed by atoms with van der Waals surface area (Å²) in [6.07, 6.45) is -4.78. The second-order valence-corrected chi connectivity index (χ2v) is 4.17. The fraction of sp³-hybridized carbons (Fsp3) is 0.667. The van der Waals surface area contributed by atoms with Gasteiger partial charge in [0.1, 0.15) is 0 Å². The molecule has 0 bridgehead atoms. The Bertz CT molecular complexity index is 149. The molecule has 0 spiro atoms. The Kier molecular flexibility index (Phi) is 4.80. The van der Waals surface area contributed by atoms with Crippen molar-refractivity contribution in [1.82, 2.24) is 0 Å². The molecule has 6 heteroatoms. The van der Waals surface area contributed by atoms with Crippen LogP contribution in [0.15, 0.2) is 9.32 Å². The van der Waals surface area contributed by atoms with E-state index in [4.69, 9.17) is 0 Å². The molecule has 0 aromatic heterocycles. The Labute approximate surface area is 71.0 Å². The van der Waals surface area contributed by atoms with Gasteiger partial charge in [-0.1, -0.05) is 0 Å². The molecule has 1 radical (unpaired) electrons. The van der Waals surface area contributed by atoms with Gasteiger partial charge in [-0.15, -0.1) is 0 Å². The highest BCUT2D eigenvalue weighted by molar-refractivity contribution is 6.56. The van der Waals surface area contributed by atoms with Gasteiger partial charge in [-0.05, 0) is 25.9 Å². The Hall–Kier alpha value is -0.653. The van der Waals surface area contributed by atoms with Gasteiger partial charge in [0, 0.05) is 6.42 Å². The minimum Gasteiger partial charge on any atom is -0.310 e. The van der Waals surface area contributed by atoms with E-state index in [2.05, 4.69) is 22.8 Å². The summed E-state index contributed by atoms with van der Waals surface area (Å²) in [7, 11) is -1.42. The minimum atomic E-state index is -4.07. The first kappa shape index (κ1) is 11.3. The van der Waals surface area contributed by atoms with E-state index in [9.17, 15) is 13.2 Å². The molecule has 0 aliphatic carbocycles. The van der Waals surface area contributed by atoms with E-state index in [1.54, 1.807) is 0 Å². The molecule has 0 aliphatic heterocycles. The molecule has 0 amide bonds. The predicted octanol–water partition coefficient (Wildman–Crippen LogP) is 2.22. The van der Waals surface area contributed by atoms with Crippen LogP contribution >= 0.6 is 0 Å². The fourth-order valence-corrected chi connectivity index (χ4v) is 1.56. The van der Waals surface area contributed by atoms with Crippen LogP contribution in [0.3, 0.4) is 0 Å². The molecule has 12 heavy (non-hydrogen) atoms. The van der Waals surface area contributed by atoms with E-state index < -0.39 is 21.7 Å². The molecule has 0 aromatic rings. The molecular weight excluding hydrogens is 185 g/mol. The highest BCUT2D eigenvalue weighted by Gasteiger charge is 2.26. The van der Waals surface area contributed by atoms with Crippen molar-refractivity contribution >= 4 is 22.6 Å². The zero-order chi connectivity index (χ0) is 9.61. The number of alkyl halides is 3. The molecule has 0 aliphatic rings. The summed E-state index contributed by atoms with van der Waals surface area (Å²) in [5, 5.41) is 0. The molecule has 0 saturated carbocycles. The summed E-state index contributed by atoms with van der Waals surface area (Å²) in [4.78, 5) is 0. The number of nitrogens with zero attached hydrogens (tertiary/aromatic N) is 2. The lowest BCUT2D eigenvalue weighted by Crippen LogP contribution is -2.10. The first-order valence-electron chi connectivity index (χ1n) is 3.35. The van der Waals surface area contributed by atoms with Gasteiger partial charge < -0.3 is 9.32 Å². The smallest absolute Gasteiger partial charge is 0.310 e. The molecule has 2 nitrogen and oxygen atoms in total.